The Morgan fingerprint density at radius 2 is 2.38 bits per heavy atom. The molecule has 1 aliphatic heterocycles. The zero-order valence-electron chi connectivity index (χ0n) is 8.08. The summed E-state index contributed by atoms with van der Waals surface area (Å²) in [6.45, 7) is 4.94. The molecule has 0 aromatic carbocycles. The lowest BCUT2D eigenvalue weighted by atomic mass is 10.0. The average Bonchev–Trinajstić information content (AvgIpc) is 2.50. The first-order valence-corrected chi connectivity index (χ1v) is 5.58. The fraction of sp³-hybridized carbons (Fsp3) is 0.778. The van der Waals surface area contributed by atoms with E-state index in [4.69, 9.17) is 0 Å². The zero-order chi connectivity index (χ0) is 9.84. The van der Waals surface area contributed by atoms with Crippen molar-refractivity contribution in [3.05, 3.63) is 0 Å². The van der Waals surface area contributed by atoms with Gasteiger partial charge in [-0.05, 0) is 6.42 Å². The second-order valence-corrected chi connectivity index (χ2v) is 4.36. The molecule has 1 heterocycles. The molecule has 13 heavy (non-hydrogen) atoms. The predicted molar refractivity (Wildman–Crippen MR) is 53.9 cm³/mol. The second kappa shape index (κ2) is 4.65. The molecule has 0 radical (unpaired) electrons. The van der Waals surface area contributed by atoms with Crippen molar-refractivity contribution in [2.75, 3.05) is 18.8 Å². The van der Waals surface area contributed by atoms with E-state index in [-0.39, 0.29) is 16.9 Å². The number of hydrogen-bond acceptors (Lipinski definition) is 3. The molecule has 1 saturated heterocycles. The van der Waals surface area contributed by atoms with Crippen LogP contribution in [0.1, 0.15) is 20.3 Å². The second-order valence-electron chi connectivity index (χ2n) is 3.31. The van der Waals surface area contributed by atoms with Crippen molar-refractivity contribution < 1.29 is 9.59 Å². The van der Waals surface area contributed by atoms with E-state index < -0.39 is 0 Å². The number of carbonyl (C=O) groups is 2. The van der Waals surface area contributed by atoms with Crippen LogP contribution in [-0.4, -0.2) is 34.8 Å². The van der Waals surface area contributed by atoms with Crippen LogP contribution < -0.4 is 0 Å². The number of nitrogens with zero attached hydrogens (tertiary/aromatic N) is 1. The highest BCUT2D eigenvalue weighted by molar-refractivity contribution is 8.13. The Bertz CT molecular complexity index is 218. The third-order valence-corrected chi connectivity index (χ3v) is 3.25. The maximum absolute atomic E-state index is 11.5. The molecule has 1 fully saturated rings. The summed E-state index contributed by atoms with van der Waals surface area (Å²) in [6.07, 6.45) is 0.855. The first-order chi connectivity index (χ1) is 6.15. The molecule has 74 valence electrons. The van der Waals surface area contributed by atoms with Gasteiger partial charge in [-0.3, -0.25) is 9.59 Å². The molecule has 4 heteroatoms. The number of amides is 1. The summed E-state index contributed by atoms with van der Waals surface area (Å²) >= 11 is 1.30. The van der Waals surface area contributed by atoms with Gasteiger partial charge in [-0.25, -0.2) is 0 Å². The molecule has 0 aliphatic carbocycles. The van der Waals surface area contributed by atoms with Gasteiger partial charge in [0.15, 0.2) is 5.78 Å². The first-order valence-electron chi connectivity index (χ1n) is 4.59. The molecule has 3 nitrogen and oxygen atoms in total. The third kappa shape index (κ3) is 2.72. The van der Waals surface area contributed by atoms with Crippen LogP contribution in [0, 0.1) is 5.92 Å². The van der Waals surface area contributed by atoms with E-state index in [2.05, 4.69) is 0 Å². The van der Waals surface area contributed by atoms with Crippen LogP contribution in [0.25, 0.3) is 0 Å². The standard InChI is InChI=1S/C9H15NO2S/c1-3-7(2)8(11)6-10-4-5-13-9(10)12/h7H,3-6H2,1-2H3. The van der Waals surface area contributed by atoms with Gasteiger partial charge in [-0.2, -0.15) is 0 Å². The fourth-order valence-corrected chi connectivity index (χ4v) is 1.97. The van der Waals surface area contributed by atoms with E-state index in [1.807, 2.05) is 13.8 Å². The van der Waals surface area contributed by atoms with Gasteiger partial charge in [-0.1, -0.05) is 25.6 Å². The molecular formula is C9H15NO2S. The number of carbonyl (C=O) groups excluding carboxylic acids is 2. The predicted octanol–water partition coefficient (Wildman–Crippen LogP) is 1.77. The first kappa shape index (κ1) is 10.6. The van der Waals surface area contributed by atoms with E-state index in [1.54, 1.807) is 4.90 Å². The summed E-state index contributed by atoms with van der Waals surface area (Å²) in [5.74, 6) is 1.09. The lowest BCUT2D eigenvalue weighted by Crippen LogP contribution is -2.32. The molecule has 1 aliphatic rings. The van der Waals surface area contributed by atoms with E-state index in [9.17, 15) is 9.59 Å². The minimum Gasteiger partial charge on any atom is -0.325 e. The molecule has 0 N–H and O–H groups in total. The van der Waals surface area contributed by atoms with Gasteiger partial charge in [0, 0.05) is 18.2 Å². The number of rotatable bonds is 4. The summed E-state index contributed by atoms with van der Waals surface area (Å²) in [4.78, 5) is 24.3. The number of Topliss-reactive ketones (excluding diaryl/α,β-unsaturated/α-hetero) is 1. The SMILES string of the molecule is CCC(C)C(=O)CN1CCSC1=O. The van der Waals surface area contributed by atoms with Crippen LogP contribution in [0.3, 0.4) is 0 Å². The molecule has 1 atom stereocenters. The van der Waals surface area contributed by atoms with E-state index in [1.165, 1.54) is 11.8 Å². The molecule has 1 unspecified atom stereocenters. The summed E-state index contributed by atoms with van der Waals surface area (Å²) in [5.41, 5.74) is 0. The van der Waals surface area contributed by atoms with Gasteiger partial charge in [0.1, 0.15) is 0 Å². The van der Waals surface area contributed by atoms with Crippen molar-refractivity contribution in [1.29, 1.82) is 0 Å². The van der Waals surface area contributed by atoms with Crippen LogP contribution in [-0.2, 0) is 4.79 Å². The summed E-state index contributed by atoms with van der Waals surface area (Å²) in [5, 5.41) is 0.0525. The Labute approximate surface area is 82.9 Å². The minimum absolute atomic E-state index is 0.0525. The highest BCUT2D eigenvalue weighted by Crippen LogP contribution is 2.17. The minimum atomic E-state index is 0.0525. The molecule has 0 saturated carbocycles. The van der Waals surface area contributed by atoms with Crippen molar-refractivity contribution in [2.24, 2.45) is 5.92 Å². The molecule has 1 rings (SSSR count). The van der Waals surface area contributed by atoms with Crippen LogP contribution in [0.4, 0.5) is 4.79 Å². The highest BCUT2D eigenvalue weighted by Gasteiger charge is 2.24. The lowest BCUT2D eigenvalue weighted by molar-refractivity contribution is -0.122. The van der Waals surface area contributed by atoms with Gasteiger partial charge in [0.25, 0.3) is 5.24 Å². The van der Waals surface area contributed by atoms with Gasteiger partial charge in [0.05, 0.1) is 6.54 Å². The summed E-state index contributed by atoms with van der Waals surface area (Å²) in [7, 11) is 0. The largest absolute Gasteiger partial charge is 0.325 e. The highest BCUT2D eigenvalue weighted by atomic mass is 32.2. The lowest BCUT2D eigenvalue weighted by Gasteiger charge is -2.15. The summed E-state index contributed by atoms with van der Waals surface area (Å²) < 4.78 is 0. The Balaban J connectivity index is 2.39. The Hall–Kier alpha value is -0.510. The van der Waals surface area contributed by atoms with Crippen LogP contribution in [0.2, 0.25) is 0 Å². The van der Waals surface area contributed by atoms with Crippen molar-refractivity contribution in [2.45, 2.75) is 20.3 Å². The van der Waals surface area contributed by atoms with Gasteiger partial charge in [0.2, 0.25) is 0 Å². The Morgan fingerprint density at radius 3 is 2.85 bits per heavy atom. The van der Waals surface area contributed by atoms with Crippen molar-refractivity contribution in [1.82, 2.24) is 4.90 Å². The van der Waals surface area contributed by atoms with Crippen molar-refractivity contribution in [3.8, 4) is 0 Å². The fourth-order valence-electron chi connectivity index (χ4n) is 1.14. The van der Waals surface area contributed by atoms with E-state index >= 15 is 0 Å². The van der Waals surface area contributed by atoms with Crippen molar-refractivity contribution >= 4 is 22.8 Å². The van der Waals surface area contributed by atoms with Crippen molar-refractivity contribution in [3.63, 3.8) is 0 Å². The number of thioether (sulfide) groups is 1. The average molecular weight is 201 g/mol. The zero-order valence-corrected chi connectivity index (χ0v) is 8.89. The molecule has 0 bridgehead atoms. The Morgan fingerprint density at radius 1 is 1.69 bits per heavy atom. The topological polar surface area (TPSA) is 37.4 Å². The van der Waals surface area contributed by atoms with Gasteiger partial charge in [-0.15, -0.1) is 0 Å². The Kier molecular flexibility index (Phi) is 3.78. The maximum Gasteiger partial charge on any atom is 0.282 e. The molecular weight excluding hydrogens is 186 g/mol. The van der Waals surface area contributed by atoms with E-state index in [0.29, 0.717) is 6.54 Å². The van der Waals surface area contributed by atoms with Crippen LogP contribution in [0.15, 0.2) is 0 Å². The van der Waals surface area contributed by atoms with Gasteiger partial charge >= 0.3 is 0 Å². The summed E-state index contributed by atoms with van der Waals surface area (Å²) in [6, 6.07) is 0. The van der Waals surface area contributed by atoms with Crippen LogP contribution in [0.5, 0.6) is 0 Å². The molecule has 1 amide bonds. The van der Waals surface area contributed by atoms with Crippen LogP contribution >= 0.6 is 11.8 Å². The normalized spacial score (nSPS) is 19.2. The molecule has 0 aromatic heterocycles. The smallest absolute Gasteiger partial charge is 0.282 e. The van der Waals surface area contributed by atoms with E-state index in [0.717, 1.165) is 18.7 Å². The van der Waals surface area contributed by atoms with Gasteiger partial charge < -0.3 is 4.90 Å². The molecule has 0 spiro atoms. The molecule has 0 aromatic rings. The number of hydrogen-bond donors (Lipinski definition) is 0. The monoisotopic (exact) mass is 201 g/mol. The quantitative estimate of drug-likeness (QED) is 0.695. The third-order valence-electron chi connectivity index (χ3n) is 2.35. The number of ketones is 1. The maximum atomic E-state index is 11.5.